The normalized spacial score (nSPS) is 14.9. The Morgan fingerprint density at radius 1 is 0.840 bits per heavy atom. The number of carbonyl (C=O) groups excluding carboxylic acids is 1. The van der Waals surface area contributed by atoms with E-state index in [9.17, 15) is 15.0 Å². The van der Waals surface area contributed by atoms with Crippen LogP contribution in [0.3, 0.4) is 0 Å². The molecule has 5 nitrogen and oxygen atoms in total. The molecular formula is C20H40O5. The van der Waals surface area contributed by atoms with Crippen LogP contribution in [0.4, 0.5) is 0 Å². The second-order valence-corrected chi connectivity index (χ2v) is 6.94. The van der Waals surface area contributed by atoms with Gasteiger partial charge in [-0.2, -0.15) is 0 Å². The topological polar surface area (TPSA) is 76.0 Å². The highest BCUT2D eigenvalue weighted by Crippen LogP contribution is 2.20. The molecule has 0 aromatic rings. The van der Waals surface area contributed by atoms with Crippen molar-refractivity contribution in [2.45, 2.75) is 109 Å². The third-order valence-electron chi connectivity index (χ3n) is 4.82. The molecule has 2 unspecified atom stereocenters. The number of hydrogen-bond donors (Lipinski definition) is 2. The average Bonchev–Trinajstić information content (AvgIpc) is 2.63. The summed E-state index contributed by atoms with van der Waals surface area (Å²) < 4.78 is 9.22. The summed E-state index contributed by atoms with van der Waals surface area (Å²) in [4.78, 5) is 11.5. The van der Waals surface area contributed by atoms with Crippen molar-refractivity contribution < 1.29 is 24.5 Å². The molecule has 0 aliphatic rings. The zero-order valence-corrected chi connectivity index (χ0v) is 16.6. The third-order valence-corrected chi connectivity index (χ3v) is 4.82. The third kappa shape index (κ3) is 10.8. The molecule has 2 N–H and O–H groups in total. The van der Waals surface area contributed by atoms with E-state index in [1.54, 1.807) is 0 Å². The van der Waals surface area contributed by atoms with E-state index in [1.165, 1.54) is 71.3 Å². The summed E-state index contributed by atoms with van der Waals surface area (Å²) in [5.41, 5.74) is 0. The largest absolute Gasteiger partial charge is 0.465 e. The first-order chi connectivity index (χ1) is 12.0. The summed E-state index contributed by atoms with van der Waals surface area (Å²) in [6, 6.07) is 0. The Kier molecular flexibility index (Phi) is 15.2. The maximum absolute atomic E-state index is 11.5. The van der Waals surface area contributed by atoms with E-state index in [2.05, 4.69) is 11.7 Å². The zero-order chi connectivity index (χ0) is 19.0. The van der Waals surface area contributed by atoms with Crippen LogP contribution in [0.5, 0.6) is 0 Å². The van der Waals surface area contributed by atoms with Crippen LogP contribution in [-0.2, 0) is 14.3 Å². The Balaban J connectivity index is 3.53. The number of methoxy groups -OCH3 is 2. The number of unbranched alkanes of at least 4 members (excludes halogenated alkanes) is 12. The number of aliphatic hydroxyl groups is 2. The van der Waals surface area contributed by atoms with Gasteiger partial charge in [-0.05, 0) is 6.42 Å². The fourth-order valence-corrected chi connectivity index (χ4v) is 3.05. The summed E-state index contributed by atoms with van der Waals surface area (Å²) >= 11 is 0. The minimum absolute atomic E-state index is 0.317. The van der Waals surface area contributed by atoms with Gasteiger partial charge in [0.1, 0.15) is 6.10 Å². The Hall–Kier alpha value is -0.650. The first-order valence-corrected chi connectivity index (χ1v) is 10.1. The molecule has 0 bridgehead atoms. The van der Waals surface area contributed by atoms with Gasteiger partial charge in [0.25, 0.3) is 5.79 Å². The molecule has 5 heteroatoms. The fraction of sp³-hybridized carbons (Fsp3) is 0.950. The van der Waals surface area contributed by atoms with Gasteiger partial charge in [0, 0.05) is 7.11 Å². The quantitative estimate of drug-likeness (QED) is 0.229. The smallest absolute Gasteiger partial charge is 0.369 e. The van der Waals surface area contributed by atoms with Crippen LogP contribution in [-0.4, -0.2) is 42.3 Å². The molecule has 0 aromatic carbocycles. The van der Waals surface area contributed by atoms with Gasteiger partial charge >= 0.3 is 5.97 Å². The second-order valence-electron chi connectivity index (χ2n) is 6.94. The molecular weight excluding hydrogens is 320 g/mol. The van der Waals surface area contributed by atoms with Crippen molar-refractivity contribution in [2.75, 3.05) is 14.2 Å². The highest BCUT2D eigenvalue weighted by Gasteiger charge is 2.44. The van der Waals surface area contributed by atoms with Crippen LogP contribution in [0.1, 0.15) is 96.8 Å². The van der Waals surface area contributed by atoms with Crippen molar-refractivity contribution in [3.8, 4) is 0 Å². The van der Waals surface area contributed by atoms with Crippen molar-refractivity contribution in [2.24, 2.45) is 0 Å². The lowest BCUT2D eigenvalue weighted by Gasteiger charge is -2.28. The summed E-state index contributed by atoms with van der Waals surface area (Å²) in [6.45, 7) is 2.25. The van der Waals surface area contributed by atoms with Gasteiger partial charge in [0.2, 0.25) is 0 Å². The van der Waals surface area contributed by atoms with Crippen LogP contribution in [0.2, 0.25) is 0 Å². The van der Waals surface area contributed by atoms with Crippen LogP contribution in [0, 0.1) is 0 Å². The number of ether oxygens (including phenoxy) is 2. The van der Waals surface area contributed by atoms with Gasteiger partial charge in [0.05, 0.1) is 7.11 Å². The van der Waals surface area contributed by atoms with E-state index in [-0.39, 0.29) is 0 Å². The van der Waals surface area contributed by atoms with E-state index < -0.39 is 17.9 Å². The van der Waals surface area contributed by atoms with E-state index in [4.69, 9.17) is 4.74 Å². The van der Waals surface area contributed by atoms with Gasteiger partial charge in [0.15, 0.2) is 0 Å². The average molecular weight is 361 g/mol. The van der Waals surface area contributed by atoms with E-state index in [0.29, 0.717) is 6.42 Å². The van der Waals surface area contributed by atoms with E-state index in [0.717, 1.165) is 26.4 Å². The first kappa shape index (κ1) is 24.4. The maximum atomic E-state index is 11.5. The Bertz CT molecular complexity index is 321. The fourth-order valence-electron chi connectivity index (χ4n) is 3.05. The molecule has 0 fully saturated rings. The summed E-state index contributed by atoms with van der Waals surface area (Å²) in [7, 11) is 2.34. The number of rotatable bonds is 17. The Morgan fingerprint density at radius 3 is 1.60 bits per heavy atom. The zero-order valence-electron chi connectivity index (χ0n) is 16.6. The number of carbonyl (C=O) groups is 1. The second kappa shape index (κ2) is 15.6. The molecule has 0 heterocycles. The molecule has 0 saturated carbocycles. The molecule has 0 aliphatic carbocycles. The van der Waals surface area contributed by atoms with Crippen molar-refractivity contribution >= 4 is 5.97 Å². The van der Waals surface area contributed by atoms with Crippen LogP contribution >= 0.6 is 0 Å². The van der Waals surface area contributed by atoms with Gasteiger partial charge in [-0.25, -0.2) is 4.79 Å². The number of hydrogen-bond acceptors (Lipinski definition) is 5. The van der Waals surface area contributed by atoms with Gasteiger partial charge in [-0.1, -0.05) is 90.4 Å². The van der Waals surface area contributed by atoms with Crippen molar-refractivity contribution in [3.63, 3.8) is 0 Å². The van der Waals surface area contributed by atoms with Gasteiger partial charge in [-0.15, -0.1) is 0 Å². The standard InChI is InChI=1S/C20H40O5/c1-4-5-6-7-8-9-10-11-12-13-14-15-16-17-18(21)20(23,25-3)19(22)24-2/h18,21,23H,4-17H2,1-3H3. The molecule has 0 aliphatic heterocycles. The van der Waals surface area contributed by atoms with Gasteiger partial charge < -0.3 is 19.7 Å². The lowest BCUT2D eigenvalue weighted by atomic mass is 10.0. The molecule has 0 aromatic heterocycles. The highest BCUT2D eigenvalue weighted by molar-refractivity contribution is 5.78. The Morgan fingerprint density at radius 2 is 1.24 bits per heavy atom. The molecule has 0 saturated heterocycles. The Labute approximate surface area is 154 Å². The summed E-state index contributed by atoms with van der Waals surface area (Å²) in [5.74, 6) is -3.22. The first-order valence-electron chi connectivity index (χ1n) is 10.1. The number of aliphatic hydroxyl groups excluding tert-OH is 1. The minimum atomic E-state index is -2.26. The predicted octanol–water partition coefficient (Wildman–Crippen LogP) is 4.34. The van der Waals surface area contributed by atoms with Crippen molar-refractivity contribution in [1.82, 2.24) is 0 Å². The summed E-state index contributed by atoms with van der Waals surface area (Å²) in [5, 5.41) is 20.0. The highest BCUT2D eigenvalue weighted by atomic mass is 16.7. The number of esters is 1. The molecule has 150 valence electrons. The lowest BCUT2D eigenvalue weighted by Crippen LogP contribution is -2.51. The molecule has 2 atom stereocenters. The van der Waals surface area contributed by atoms with E-state index in [1.807, 2.05) is 0 Å². The van der Waals surface area contributed by atoms with Crippen LogP contribution in [0.15, 0.2) is 0 Å². The van der Waals surface area contributed by atoms with E-state index >= 15 is 0 Å². The predicted molar refractivity (Wildman–Crippen MR) is 100 cm³/mol. The monoisotopic (exact) mass is 360 g/mol. The maximum Gasteiger partial charge on any atom is 0.369 e. The summed E-state index contributed by atoms with van der Waals surface area (Å²) in [6.07, 6.45) is 15.2. The lowest BCUT2D eigenvalue weighted by molar-refractivity contribution is -0.251. The van der Waals surface area contributed by atoms with Crippen molar-refractivity contribution in [3.05, 3.63) is 0 Å². The molecule has 0 radical (unpaired) electrons. The molecule has 0 amide bonds. The van der Waals surface area contributed by atoms with Crippen LogP contribution < -0.4 is 0 Å². The SMILES string of the molecule is CCCCCCCCCCCCCCCC(O)C(O)(OC)C(=O)OC. The molecule has 25 heavy (non-hydrogen) atoms. The van der Waals surface area contributed by atoms with Crippen molar-refractivity contribution in [1.29, 1.82) is 0 Å². The van der Waals surface area contributed by atoms with Crippen LogP contribution in [0.25, 0.3) is 0 Å². The molecule has 0 rings (SSSR count). The molecule has 0 spiro atoms. The van der Waals surface area contributed by atoms with Gasteiger partial charge in [-0.3, -0.25) is 0 Å². The minimum Gasteiger partial charge on any atom is -0.465 e.